The van der Waals surface area contributed by atoms with Gasteiger partial charge in [-0.05, 0) is 30.6 Å². The molecule has 7 nitrogen and oxygen atoms in total. The number of rotatable bonds is 4. The zero-order valence-corrected chi connectivity index (χ0v) is 13.1. The van der Waals surface area contributed by atoms with E-state index in [4.69, 9.17) is 4.42 Å². The summed E-state index contributed by atoms with van der Waals surface area (Å²) < 4.78 is 9.02. The van der Waals surface area contributed by atoms with Crippen LogP contribution in [0.5, 0.6) is 0 Å². The molecule has 0 spiro atoms. The summed E-state index contributed by atoms with van der Waals surface area (Å²) in [7, 11) is 0. The van der Waals surface area contributed by atoms with Crippen molar-refractivity contribution in [1.82, 2.24) is 19.4 Å². The smallest absolute Gasteiger partial charge is 0.267 e. The summed E-state index contributed by atoms with van der Waals surface area (Å²) in [5, 5.41) is 14.0. The first-order valence-corrected chi connectivity index (χ1v) is 7.94. The number of hydrogen-bond acceptors (Lipinski definition) is 7. The zero-order chi connectivity index (χ0) is 15.5. The number of aryl methyl sites for hydroxylation is 1. The van der Waals surface area contributed by atoms with Gasteiger partial charge < -0.3 is 14.4 Å². The molecule has 0 bridgehead atoms. The van der Waals surface area contributed by atoms with E-state index in [9.17, 15) is 9.90 Å². The standard InChI is InChI=1S/C14H18N4O3S/c1-10-13(22-16-15-10)14(20)18-6-4-17(5-7-18)9-11(19)12-3-2-8-21-12/h2-3,8,11,19H,4-7,9H2,1H3. The van der Waals surface area contributed by atoms with Gasteiger partial charge in [-0.15, -0.1) is 5.10 Å². The molecule has 2 aromatic rings. The molecule has 1 aliphatic heterocycles. The van der Waals surface area contributed by atoms with Gasteiger partial charge in [0.1, 0.15) is 16.7 Å². The third kappa shape index (κ3) is 3.18. The average molecular weight is 322 g/mol. The number of furan rings is 1. The van der Waals surface area contributed by atoms with E-state index < -0.39 is 6.10 Å². The Labute approximate surface area is 132 Å². The Bertz CT molecular complexity index is 620. The summed E-state index contributed by atoms with van der Waals surface area (Å²) >= 11 is 1.14. The van der Waals surface area contributed by atoms with Gasteiger partial charge in [-0.1, -0.05) is 4.49 Å². The van der Waals surface area contributed by atoms with Crippen LogP contribution in [0.15, 0.2) is 22.8 Å². The molecule has 3 rings (SSSR count). The molecule has 2 aromatic heterocycles. The van der Waals surface area contributed by atoms with Gasteiger partial charge in [0.15, 0.2) is 0 Å². The van der Waals surface area contributed by atoms with E-state index >= 15 is 0 Å². The summed E-state index contributed by atoms with van der Waals surface area (Å²) in [5.41, 5.74) is 0.686. The highest BCUT2D eigenvalue weighted by atomic mass is 32.1. The minimum Gasteiger partial charge on any atom is -0.467 e. The average Bonchev–Trinajstić information content (AvgIpc) is 3.18. The van der Waals surface area contributed by atoms with Crippen LogP contribution in [0.3, 0.4) is 0 Å². The van der Waals surface area contributed by atoms with Crippen LogP contribution in [0.1, 0.15) is 27.2 Å². The molecule has 1 fully saturated rings. The Hall–Kier alpha value is -1.77. The molecule has 3 heterocycles. The molecule has 0 radical (unpaired) electrons. The Morgan fingerprint density at radius 1 is 1.45 bits per heavy atom. The van der Waals surface area contributed by atoms with Crippen LogP contribution in [0.4, 0.5) is 0 Å². The Morgan fingerprint density at radius 2 is 2.23 bits per heavy atom. The molecule has 1 amide bonds. The zero-order valence-electron chi connectivity index (χ0n) is 12.3. The minimum absolute atomic E-state index is 0.00117. The van der Waals surface area contributed by atoms with Crippen LogP contribution in [-0.2, 0) is 0 Å². The number of aliphatic hydroxyl groups excluding tert-OH is 1. The van der Waals surface area contributed by atoms with E-state index in [0.717, 1.165) is 24.6 Å². The SMILES string of the molecule is Cc1nnsc1C(=O)N1CCN(CC(O)c2ccco2)CC1. The Kier molecular flexibility index (Phi) is 4.51. The molecule has 1 aliphatic rings. The van der Waals surface area contributed by atoms with Crippen molar-refractivity contribution in [2.75, 3.05) is 32.7 Å². The van der Waals surface area contributed by atoms with E-state index in [1.165, 1.54) is 0 Å². The lowest BCUT2D eigenvalue weighted by Gasteiger charge is -2.35. The maximum Gasteiger partial charge on any atom is 0.267 e. The van der Waals surface area contributed by atoms with Crippen molar-refractivity contribution in [2.24, 2.45) is 0 Å². The number of carbonyl (C=O) groups is 1. The lowest BCUT2D eigenvalue weighted by molar-refractivity contribution is 0.0488. The lowest BCUT2D eigenvalue weighted by Crippen LogP contribution is -2.49. The van der Waals surface area contributed by atoms with Gasteiger partial charge in [0, 0.05) is 32.7 Å². The molecule has 22 heavy (non-hydrogen) atoms. The number of β-amino-alcohol motifs (C(OH)–C–C–N with tert-alkyl or cyclic N) is 1. The van der Waals surface area contributed by atoms with Crippen molar-refractivity contribution in [2.45, 2.75) is 13.0 Å². The molecule has 118 valence electrons. The molecule has 1 N–H and O–H groups in total. The first-order chi connectivity index (χ1) is 10.6. The Balaban J connectivity index is 1.52. The topological polar surface area (TPSA) is 82.7 Å². The molecule has 1 unspecified atom stereocenters. The first-order valence-electron chi connectivity index (χ1n) is 7.17. The fraction of sp³-hybridized carbons (Fsp3) is 0.500. The van der Waals surface area contributed by atoms with Crippen LogP contribution in [0.25, 0.3) is 0 Å². The van der Waals surface area contributed by atoms with Gasteiger partial charge >= 0.3 is 0 Å². The highest BCUT2D eigenvalue weighted by Gasteiger charge is 2.26. The quantitative estimate of drug-likeness (QED) is 0.902. The highest BCUT2D eigenvalue weighted by molar-refractivity contribution is 7.07. The lowest BCUT2D eigenvalue weighted by atomic mass is 10.2. The van der Waals surface area contributed by atoms with Crippen molar-refractivity contribution in [3.05, 3.63) is 34.7 Å². The van der Waals surface area contributed by atoms with E-state index in [-0.39, 0.29) is 5.91 Å². The molecule has 0 aromatic carbocycles. The largest absolute Gasteiger partial charge is 0.467 e. The summed E-state index contributed by atoms with van der Waals surface area (Å²) in [6.07, 6.45) is 0.922. The van der Waals surface area contributed by atoms with Crippen molar-refractivity contribution >= 4 is 17.4 Å². The molecular formula is C14H18N4O3S. The van der Waals surface area contributed by atoms with Crippen LogP contribution < -0.4 is 0 Å². The predicted molar refractivity (Wildman–Crippen MR) is 80.7 cm³/mol. The van der Waals surface area contributed by atoms with Gasteiger partial charge in [-0.2, -0.15) is 0 Å². The Morgan fingerprint density at radius 3 is 2.82 bits per heavy atom. The van der Waals surface area contributed by atoms with Crippen LogP contribution in [0.2, 0.25) is 0 Å². The van der Waals surface area contributed by atoms with Crippen molar-refractivity contribution in [3.8, 4) is 0 Å². The van der Waals surface area contributed by atoms with Crippen molar-refractivity contribution in [1.29, 1.82) is 0 Å². The van der Waals surface area contributed by atoms with Crippen LogP contribution in [-0.4, -0.2) is 63.1 Å². The van der Waals surface area contributed by atoms with Gasteiger partial charge in [-0.3, -0.25) is 9.69 Å². The summed E-state index contributed by atoms with van der Waals surface area (Å²) in [6, 6.07) is 3.53. The molecular weight excluding hydrogens is 304 g/mol. The van der Waals surface area contributed by atoms with Crippen LogP contribution >= 0.6 is 11.5 Å². The van der Waals surface area contributed by atoms with Gasteiger partial charge in [0.25, 0.3) is 5.91 Å². The molecule has 0 aliphatic carbocycles. The molecule has 0 saturated carbocycles. The van der Waals surface area contributed by atoms with Crippen LogP contribution in [0, 0.1) is 6.92 Å². The monoisotopic (exact) mass is 322 g/mol. The van der Waals surface area contributed by atoms with Gasteiger partial charge in [0.2, 0.25) is 0 Å². The van der Waals surface area contributed by atoms with E-state index in [1.807, 2.05) is 4.90 Å². The van der Waals surface area contributed by atoms with Gasteiger partial charge in [0.05, 0.1) is 12.0 Å². The second-order valence-corrected chi connectivity index (χ2v) is 6.07. The number of hydrogen-bond donors (Lipinski definition) is 1. The van der Waals surface area contributed by atoms with Gasteiger partial charge in [-0.25, -0.2) is 0 Å². The maximum atomic E-state index is 12.4. The summed E-state index contributed by atoms with van der Waals surface area (Å²) in [5.74, 6) is 0.573. The van der Waals surface area contributed by atoms with E-state index in [0.29, 0.717) is 36.0 Å². The highest BCUT2D eigenvalue weighted by Crippen LogP contribution is 2.17. The molecule has 1 atom stereocenters. The molecule has 8 heteroatoms. The number of piperazine rings is 1. The summed E-state index contributed by atoms with van der Waals surface area (Å²) in [6.45, 7) is 5.05. The molecule has 1 saturated heterocycles. The normalized spacial score (nSPS) is 17.6. The van der Waals surface area contributed by atoms with Crippen molar-refractivity contribution < 1.29 is 14.3 Å². The van der Waals surface area contributed by atoms with E-state index in [1.54, 1.807) is 25.3 Å². The fourth-order valence-electron chi connectivity index (χ4n) is 2.52. The predicted octanol–water partition coefficient (Wildman–Crippen LogP) is 0.931. The minimum atomic E-state index is -0.634. The number of amides is 1. The van der Waals surface area contributed by atoms with E-state index in [2.05, 4.69) is 14.5 Å². The third-order valence-electron chi connectivity index (χ3n) is 3.81. The number of aromatic nitrogens is 2. The second kappa shape index (κ2) is 6.55. The third-order valence-corrected chi connectivity index (χ3v) is 4.62. The first kappa shape index (κ1) is 15.1. The fourth-order valence-corrected chi connectivity index (χ4v) is 3.15. The second-order valence-electron chi connectivity index (χ2n) is 5.31. The number of carbonyl (C=O) groups excluding carboxylic acids is 1. The van der Waals surface area contributed by atoms with Crippen molar-refractivity contribution in [3.63, 3.8) is 0 Å². The summed E-state index contributed by atoms with van der Waals surface area (Å²) in [4.78, 5) is 16.9. The number of aliphatic hydroxyl groups is 1. The maximum absolute atomic E-state index is 12.4. The number of nitrogens with zero attached hydrogens (tertiary/aromatic N) is 4.